The second-order valence-electron chi connectivity index (χ2n) is 5.38. The van der Waals surface area contributed by atoms with Crippen LogP contribution in [0.1, 0.15) is 21.7 Å². The van der Waals surface area contributed by atoms with Gasteiger partial charge in [0, 0.05) is 17.7 Å². The Morgan fingerprint density at radius 2 is 1.73 bits per heavy atom. The van der Waals surface area contributed by atoms with Crippen molar-refractivity contribution in [2.24, 2.45) is 0 Å². The van der Waals surface area contributed by atoms with Gasteiger partial charge in [-0.2, -0.15) is 0 Å². The lowest BCUT2D eigenvalue weighted by molar-refractivity contribution is -0.384. The third-order valence-electron chi connectivity index (χ3n) is 3.59. The molecule has 132 valence electrons. The van der Waals surface area contributed by atoms with Crippen LogP contribution in [0.3, 0.4) is 0 Å². The Labute approximate surface area is 148 Å². The van der Waals surface area contributed by atoms with Gasteiger partial charge >= 0.3 is 5.97 Å². The number of nitrogens with zero attached hydrogens (tertiary/aromatic N) is 1. The number of rotatable bonds is 7. The Balaban J connectivity index is 1.58. The van der Waals surface area contributed by atoms with Crippen molar-refractivity contribution in [3.05, 3.63) is 93.9 Å². The predicted octanol–water partition coefficient (Wildman–Crippen LogP) is 4.12. The number of hydrogen-bond donors (Lipinski definition) is 0. The van der Waals surface area contributed by atoms with E-state index < -0.39 is 10.9 Å². The molecule has 2 aromatic carbocycles. The first kappa shape index (κ1) is 17.2. The van der Waals surface area contributed by atoms with Crippen molar-refractivity contribution >= 4 is 11.7 Å². The second-order valence-corrected chi connectivity index (χ2v) is 5.38. The van der Waals surface area contributed by atoms with Crippen LogP contribution in [0.15, 0.2) is 71.3 Å². The van der Waals surface area contributed by atoms with Gasteiger partial charge in [-0.25, -0.2) is 4.79 Å². The number of benzene rings is 2. The van der Waals surface area contributed by atoms with E-state index in [-0.39, 0.29) is 24.7 Å². The maximum Gasteiger partial charge on any atom is 0.374 e. The van der Waals surface area contributed by atoms with E-state index in [1.807, 2.05) is 30.3 Å². The third kappa shape index (κ3) is 4.27. The topological polar surface area (TPSA) is 91.8 Å². The van der Waals surface area contributed by atoms with E-state index in [1.54, 1.807) is 6.07 Å². The molecule has 7 heteroatoms. The number of ether oxygens (including phenoxy) is 2. The van der Waals surface area contributed by atoms with E-state index >= 15 is 0 Å². The summed E-state index contributed by atoms with van der Waals surface area (Å²) in [5, 5.41) is 10.6. The Bertz CT molecular complexity index is 886. The molecule has 0 atom stereocenters. The highest BCUT2D eigenvalue weighted by Crippen LogP contribution is 2.18. The standard InChI is InChI=1S/C19H15NO6/c21-19(26-12-14-6-8-16(9-7-14)20(22)23)18-15(10-11-24-18)13-25-17-4-2-1-3-5-17/h1-11H,12-13H2. The maximum absolute atomic E-state index is 12.2. The molecular weight excluding hydrogens is 338 g/mol. The fraction of sp³-hybridized carbons (Fsp3) is 0.105. The molecule has 26 heavy (non-hydrogen) atoms. The van der Waals surface area contributed by atoms with Crippen molar-refractivity contribution in [2.75, 3.05) is 0 Å². The summed E-state index contributed by atoms with van der Waals surface area (Å²) in [6, 6.07) is 16.6. The minimum atomic E-state index is -0.625. The van der Waals surface area contributed by atoms with Gasteiger partial charge in [0.2, 0.25) is 5.76 Å². The minimum absolute atomic E-state index is 0.0174. The molecule has 0 bridgehead atoms. The number of esters is 1. The van der Waals surface area contributed by atoms with Crippen molar-refractivity contribution in [2.45, 2.75) is 13.2 Å². The zero-order valence-electron chi connectivity index (χ0n) is 13.7. The molecule has 0 saturated heterocycles. The highest BCUT2D eigenvalue weighted by atomic mass is 16.6. The molecule has 0 aliphatic heterocycles. The fourth-order valence-electron chi connectivity index (χ4n) is 2.23. The van der Waals surface area contributed by atoms with E-state index in [0.717, 1.165) is 0 Å². The van der Waals surface area contributed by atoms with Gasteiger partial charge in [-0.05, 0) is 35.9 Å². The molecule has 0 aliphatic rings. The van der Waals surface area contributed by atoms with Gasteiger partial charge in [0.25, 0.3) is 5.69 Å². The number of para-hydroxylation sites is 1. The summed E-state index contributed by atoms with van der Waals surface area (Å²) in [6.07, 6.45) is 1.39. The van der Waals surface area contributed by atoms with Crippen molar-refractivity contribution in [1.29, 1.82) is 0 Å². The molecule has 0 saturated carbocycles. The molecule has 7 nitrogen and oxygen atoms in total. The molecule has 1 aromatic heterocycles. The molecular formula is C19H15NO6. The largest absolute Gasteiger partial charge is 0.489 e. The summed E-state index contributed by atoms with van der Waals surface area (Å²) in [4.78, 5) is 22.3. The van der Waals surface area contributed by atoms with Crippen LogP contribution in [0.5, 0.6) is 5.75 Å². The monoisotopic (exact) mass is 353 g/mol. The van der Waals surface area contributed by atoms with Crippen molar-refractivity contribution in [3.8, 4) is 5.75 Å². The Kier molecular flexibility index (Phi) is 5.28. The lowest BCUT2D eigenvalue weighted by Crippen LogP contribution is -2.08. The maximum atomic E-state index is 12.2. The SMILES string of the molecule is O=C(OCc1ccc([N+](=O)[O-])cc1)c1occc1COc1ccccc1. The van der Waals surface area contributed by atoms with E-state index in [4.69, 9.17) is 13.9 Å². The third-order valence-corrected chi connectivity index (χ3v) is 3.59. The first-order chi connectivity index (χ1) is 12.6. The second kappa shape index (κ2) is 7.98. The van der Waals surface area contributed by atoms with E-state index in [1.165, 1.54) is 30.5 Å². The summed E-state index contributed by atoms with van der Waals surface area (Å²) in [6.45, 7) is 0.152. The number of carbonyl (C=O) groups excluding carboxylic acids is 1. The average Bonchev–Trinajstić information content (AvgIpc) is 3.14. The molecule has 0 aliphatic carbocycles. The zero-order valence-corrected chi connectivity index (χ0v) is 13.7. The number of nitro groups is 1. The van der Waals surface area contributed by atoms with Gasteiger partial charge in [-0.3, -0.25) is 10.1 Å². The summed E-state index contributed by atoms with van der Waals surface area (Å²) in [7, 11) is 0. The number of non-ortho nitro benzene ring substituents is 1. The molecule has 0 fully saturated rings. The number of carbonyl (C=O) groups is 1. The van der Waals surface area contributed by atoms with Gasteiger partial charge in [0.15, 0.2) is 0 Å². The fourth-order valence-corrected chi connectivity index (χ4v) is 2.23. The molecule has 0 spiro atoms. The van der Waals surface area contributed by atoms with E-state index in [9.17, 15) is 14.9 Å². The van der Waals surface area contributed by atoms with Crippen LogP contribution < -0.4 is 4.74 Å². The summed E-state index contributed by atoms with van der Waals surface area (Å²) < 4.78 is 16.0. The van der Waals surface area contributed by atoms with Gasteiger partial charge < -0.3 is 13.9 Å². The Hall–Kier alpha value is -3.61. The van der Waals surface area contributed by atoms with Crippen molar-refractivity contribution in [3.63, 3.8) is 0 Å². The van der Waals surface area contributed by atoms with Crippen LogP contribution in [0.25, 0.3) is 0 Å². The highest BCUT2D eigenvalue weighted by molar-refractivity contribution is 5.87. The molecule has 1 heterocycles. The van der Waals surface area contributed by atoms with Crippen LogP contribution in [0, 0.1) is 10.1 Å². The van der Waals surface area contributed by atoms with Crippen LogP contribution >= 0.6 is 0 Å². The molecule has 0 unspecified atom stereocenters. The minimum Gasteiger partial charge on any atom is -0.489 e. The molecule has 0 radical (unpaired) electrons. The van der Waals surface area contributed by atoms with Crippen molar-refractivity contribution in [1.82, 2.24) is 0 Å². The van der Waals surface area contributed by atoms with Crippen molar-refractivity contribution < 1.29 is 23.6 Å². The molecule has 0 amide bonds. The van der Waals surface area contributed by atoms with E-state index in [2.05, 4.69) is 0 Å². The summed E-state index contributed by atoms with van der Waals surface area (Å²) in [5.41, 5.74) is 1.19. The quantitative estimate of drug-likeness (QED) is 0.360. The Morgan fingerprint density at radius 3 is 2.42 bits per heavy atom. The summed E-state index contributed by atoms with van der Waals surface area (Å²) in [5.74, 6) is 0.127. The van der Waals surface area contributed by atoms with Gasteiger partial charge in [-0.1, -0.05) is 18.2 Å². The number of furan rings is 1. The van der Waals surface area contributed by atoms with E-state index in [0.29, 0.717) is 16.9 Å². The lowest BCUT2D eigenvalue weighted by Gasteiger charge is -2.07. The first-order valence-corrected chi connectivity index (χ1v) is 7.78. The highest BCUT2D eigenvalue weighted by Gasteiger charge is 2.18. The summed E-state index contributed by atoms with van der Waals surface area (Å²) >= 11 is 0. The lowest BCUT2D eigenvalue weighted by atomic mass is 10.2. The first-order valence-electron chi connectivity index (χ1n) is 7.78. The number of nitro benzene ring substituents is 1. The molecule has 0 N–H and O–H groups in total. The smallest absolute Gasteiger partial charge is 0.374 e. The predicted molar refractivity (Wildman–Crippen MR) is 91.7 cm³/mol. The van der Waals surface area contributed by atoms with Crippen LogP contribution in [0.4, 0.5) is 5.69 Å². The number of hydrogen-bond acceptors (Lipinski definition) is 6. The zero-order chi connectivity index (χ0) is 18.4. The van der Waals surface area contributed by atoms with Crippen LogP contribution in [-0.4, -0.2) is 10.9 Å². The average molecular weight is 353 g/mol. The van der Waals surface area contributed by atoms with Gasteiger partial charge in [0.05, 0.1) is 11.2 Å². The normalized spacial score (nSPS) is 10.3. The van der Waals surface area contributed by atoms with Crippen LogP contribution in [-0.2, 0) is 18.0 Å². The molecule has 3 rings (SSSR count). The Morgan fingerprint density at radius 1 is 1.00 bits per heavy atom. The van der Waals surface area contributed by atoms with Crippen LogP contribution in [0.2, 0.25) is 0 Å². The molecule has 3 aromatic rings. The van der Waals surface area contributed by atoms with Gasteiger partial charge in [-0.15, -0.1) is 0 Å². The van der Waals surface area contributed by atoms with Gasteiger partial charge in [0.1, 0.15) is 19.0 Å².